The van der Waals surface area contributed by atoms with Crippen LogP contribution in [0.2, 0.25) is 0 Å². The van der Waals surface area contributed by atoms with Crippen LogP contribution in [0.15, 0.2) is 60.7 Å². The zero-order valence-corrected chi connectivity index (χ0v) is 28.8. The van der Waals surface area contributed by atoms with Crippen molar-refractivity contribution in [2.75, 3.05) is 11.9 Å². The molecule has 2 aliphatic heterocycles. The van der Waals surface area contributed by atoms with E-state index in [1.807, 2.05) is 42.5 Å². The van der Waals surface area contributed by atoms with Gasteiger partial charge in [-0.2, -0.15) is 0 Å². The van der Waals surface area contributed by atoms with Crippen LogP contribution >= 0.6 is 11.3 Å². The number of carbonyl (C=O) groups is 3. The van der Waals surface area contributed by atoms with Crippen LogP contribution in [0.3, 0.4) is 0 Å². The number of fused-ring (bicyclic) bond motifs is 3. The van der Waals surface area contributed by atoms with Crippen LogP contribution in [0.25, 0.3) is 10.2 Å². The molecule has 1 aromatic heterocycles. The number of benzene rings is 2. The molecule has 3 N–H and O–H groups in total. The van der Waals surface area contributed by atoms with Gasteiger partial charge in [0, 0.05) is 18.0 Å². The van der Waals surface area contributed by atoms with E-state index in [9.17, 15) is 27.2 Å². The van der Waals surface area contributed by atoms with Gasteiger partial charge in [-0.1, -0.05) is 54.5 Å². The van der Waals surface area contributed by atoms with Gasteiger partial charge in [0.25, 0.3) is 11.1 Å². The highest BCUT2D eigenvalue weighted by atomic mass is 32.2. The Labute approximate surface area is 288 Å². The maximum absolute atomic E-state index is 14.4. The molecule has 14 heteroatoms. The number of aromatic nitrogens is 1. The first kappa shape index (κ1) is 33.5. The summed E-state index contributed by atoms with van der Waals surface area (Å²) in [5.74, 6) is -2.37. The number of nitrogens with zero attached hydrogens (tertiary/aromatic N) is 2. The molecular formula is C35H40FN5O6S2. The van der Waals surface area contributed by atoms with Crippen LogP contribution in [0, 0.1) is 11.7 Å². The number of rotatable bonds is 7. The summed E-state index contributed by atoms with van der Waals surface area (Å²) >= 11 is 1.18. The normalized spacial score (nSPS) is 29.1. The van der Waals surface area contributed by atoms with Crippen LogP contribution in [-0.4, -0.2) is 71.0 Å². The number of sulfonamides is 1. The molecule has 3 aromatic rings. The number of carbonyl (C=O) groups excluding carboxylic acids is 3. The quantitative estimate of drug-likeness (QED) is 0.301. The SMILES string of the molecule is CC1(S(=O)(=O)NC(=O)[C@@]23C[C@H]2/C=C\CCCCC[C@H](Nc2ccccc2)C(=O)N2C[C@H](Oc4nc5ccc(F)cc5s4)C[C@H]2C(=O)N3)CC1. The van der Waals surface area contributed by atoms with E-state index in [-0.39, 0.29) is 31.1 Å². The second kappa shape index (κ2) is 13.0. The average molecular weight is 710 g/mol. The Kier molecular flexibility index (Phi) is 8.89. The maximum Gasteiger partial charge on any atom is 0.274 e. The number of halogens is 1. The summed E-state index contributed by atoms with van der Waals surface area (Å²) in [6.45, 7) is 1.69. The van der Waals surface area contributed by atoms with E-state index < -0.39 is 56.2 Å². The van der Waals surface area contributed by atoms with Crippen LogP contribution in [-0.2, 0) is 24.4 Å². The lowest BCUT2D eigenvalue weighted by atomic mass is 10.0. The molecule has 3 amide bonds. The van der Waals surface area contributed by atoms with Gasteiger partial charge in [0.15, 0.2) is 0 Å². The summed E-state index contributed by atoms with van der Waals surface area (Å²) in [6.07, 6.45) is 8.39. The third-order valence-electron chi connectivity index (χ3n) is 10.2. The number of allylic oxidation sites excluding steroid dienone is 1. The Morgan fingerprint density at radius 2 is 1.92 bits per heavy atom. The summed E-state index contributed by atoms with van der Waals surface area (Å²) in [4.78, 5) is 48.4. The number of ether oxygens (including phenoxy) is 1. The van der Waals surface area contributed by atoms with Crippen LogP contribution in [0.5, 0.6) is 5.19 Å². The molecule has 1 saturated heterocycles. The summed E-state index contributed by atoms with van der Waals surface area (Å²) in [7, 11) is -3.95. The Morgan fingerprint density at radius 3 is 2.69 bits per heavy atom. The number of amides is 3. The third-order valence-corrected chi connectivity index (χ3v) is 13.3. The second-order valence-electron chi connectivity index (χ2n) is 13.9. The first-order valence-corrected chi connectivity index (χ1v) is 19.2. The van der Waals surface area contributed by atoms with E-state index in [1.165, 1.54) is 28.4 Å². The summed E-state index contributed by atoms with van der Waals surface area (Å²) in [5.41, 5.74) is -0.108. The monoisotopic (exact) mass is 709 g/mol. The molecule has 3 fully saturated rings. The predicted molar refractivity (Wildman–Crippen MR) is 184 cm³/mol. The molecule has 7 rings (SSSR count). The highest BCUT2D eigenvalue weighted by Gasteiger charge is 2.63. The highest BCUT2D eigenvalue weighted by molar-refractivity contribution is 7.91. The van der Waals surface area contributed by atoms with Crippen molar-refractivity contribution in [1.29, 1.82) is 0 Å². The summed E-state index contributed by atoms with van der Waals surface area (Å²) < 4.78 is 48.1. The largest absolute Gasteiger partial charge is 0.465 e. The van der Waals surface area contributed by atoms with Crippen LogP contribution < -0.4 is 20.1 Å². The Morgan fingerprint density at radius 1 is 1.12 bits per heavy atom. The minimum atomic E-state index is -3.95. The molecule has 2 saturated carbocycles. The van der Waals surface area contributed by atoms with E-state index >= 15 is 0 Å². The highest BCUT2D eigenvalue weighted by Crippen LogP contribution is 2.47. The van der Waals surface area contributed by atoms with Gasteiger partial charge in [-0.05, 0) is 75.8 Å². The topological polar surface area (TPSA) is 147 Å². The van der Waals surface area contributed by atoms with Crippen molar-refractivity contribution in [3.05, 3.63) is 66.5 Å². The van der Waals surface area contributed by atoms with Crippen molar-refractivity contribution in [1.82, 2.24) is 19.9 Å². The Bertz CT molecular complexity index is 1900. The van der Waals surface area contributed by atoms with E-state index in [1.54, 1.807) is 13.0 Å². The van der Waals surface area contributed by atoms with Gasteiger partial charge in [0.2, 0.25) is 21.8 Å². The summed E-state index contributed by atoms with van der Waals surface area (Å²) in [6, 6.07) is 12.1. The lowest BCUT2D eigenvalue weighted by Crippen LogP contribution is -2.58. The first-order chi connectivity index (χ1) is 23.5. The number of hydrogen-bond acceptors (Lipinski definition) is 9. The molecule has 49 heavy (non-hydrogen) atoms. The fourth-order valence-corrected chi connectivity index (χ4v) is 8.97. The lowest BCUT2D eigenvalue weighted by Gasteiger charge is -2.30. The van der Waals surface area contributed by atoms with Gasteiger partial charge in [-0.25, -0.2) is 17.8 Å². The van der Waals surface area contributed by atoms with Crippen molar-refractivity contribution in [2.24, 2.45) is 5.92 Å². The first-order valence-electron chi connectivity index (χ1n) is 16.9. The zero-order chi connectivity index (χ0) is 34.4. The summed E-state index contributed by atoms with van der Waals surface area (Å²) in [5, 5.41) is 6.57. The van der Waals surface area contributed by atoms with Crippen LogP contribution in [0.4, 0.5) is 10.1 Å². The minimum Gasteiger partial charge on any atom is -0.465 e. The molecule has 2 aromatic carbocycles. The second-order valence-corrected chi connectivity index (χ2v) is 17.0. The third kappa shape index (κ3) is 6.89. The van der Waals surface area contributed by atoms with Crippen molar-refractivity contribution >= 4 is 55.0 Å². The van der Waals surface area contributed by atoms with Crippen molar-refractivity contribution in [3.8, 4) is 5.19 Å². The molecule has 2 aliphatic carbocycles. The van der Waals surface area contributed by atoms with E-state index in [0.29, 0.717) is 34.7 Å². The number of para-hydroxylation sites is 1. The van der Waals surface area contributed by atoms with E-state index in [2.05, 4.69) is 20.3 Å². The van der Waals surface area contributed by atoms with Gasteiger partial charge < -0.3 is 20.3 Å². The number of hydrogen-bond donors (Lipinski definition) is 3. The number of thiazole rings is 1. The number of nitrogens with one attached hydrogen (secondary N) is 3. The van der Waals surface area contributed by atoms with E-state index in [4.69, 9.17) is 4.74 Å². The van der Waals surface area contributed by atoms with Gasteiger partial charge in [-0.15, -0.1) is 0 Å². The average Bonchev–Trinajstić information content (AvgIpc) is 3.88. The Balaban J connectivity index is 1.18. The molecule has 5 atom stereocenters. The molecule has 11 nitrogen and oxygen atoms in total. The fraction of sp³-hybridized carbons (Fsp3) is 0.486. The molecule has 260 valence electrons. The fourth-order valence-electron chi connectivity index (χ4n) is 6.75. The van der Waals surface area contributed by atoms with Gasteiger partial charge >= 0.3 is 0 Å². The molecule has 0 radical (unpaired) electrons. The molecule has 0 bridgehead atoms. The molecular weight excluding hydrogens is 670 g/mol. The molecule has 3 heterocycles. The van der Waals surface area contributed by atoms with Gasteiger partial charge in [0.1, 0.15) is 29.5 Å². The van der Waals surface area contributed by atoms with E-state index in [0.717, 1.165) is 31.4 Å². The lowest BCUT2D eigenvalue weighted by molar-refractivity contribution is -0.140. The molecule has 0 unspecified atom stereocenters. The van der Waals surface area contributed by atoms with Gasteiger partial charge in [-0.3, -0.25) is 19.1 Å². The smallest absolute Gasteiger partial charge is 0.274 e. The number of anilines is 1. The maximum atomic E-state index is 14.4. The van der Waals surface area contributed by atoms with Crippen molar-refractivity contribution in [2.45, 2.75) is 93.2 Å². The van der Waals surface area contributed by atoms with Crippen molar-refractivity contribution in [3.63, 3.8) is 0 Å². The molecule has 4 aliphatic rings. The van der Waals surface area contributed by atoms with Crippen molar-refractivity contribution < 1.29 is 31.9 Å². The van der Waals surface area contributed by atoms with Gasteiger partial charge in [0.05, 0.1) is 21.5 Å². The standard InChI is InChI=1S/C35H40FN5O6S2/c1-34(16-17-34)49(45,46)40-32(44)35-20-22(35)10-6-3-2-4-9-13-27(37-24-11-7-5-8-12-24)31(43)41-21-25(19-28(41)30(42)39-35)47-33-38-26-15-14-23(36)18-29(26)48-33/h5-8,10-12,14-15,18,22,25,27-28,37H,2-4,9,13,16-17,19-21H2,1H3,(H,39,42)(H,40,44)/b10-6-/t22-,25-,27+,28+,35-/m1/s1. The minimum absolute atomic E-state index is 0.0867. The Hall–Kier alpha value is -4.04. The predicted octanol–water partition coefficient (Wildman–Crippen LogP) is 4.66. The molecule has 0 spiro atoms. The zero-order valence-electron chi connectivity index (χ0n) is 27.2. The van der Waals surface area contributed by atoms with Crippen LogP contribution in [0.1, 0.15) is 64.7 Å².